The molecule has 2 heterocycles. The van der Waals surface area contributed by atoms with Crippen molar-refractivity contribution < 1.29 is 9.90 Å². The predicted octanol–water partition coefficient (Wildman–Crippen LogP) is 1.81. The fourth-order valence-corrected chi connectivity index (χ4v) is 2.69. The second kappa shape index (κ2) is 7.42. The smallest absolute Gasteiger partial charge is 0.226 e. The van der Waals surface area contributed by atoms with Gasteiger partial charge in [0.05, 0.1) is 23.9 Å². The van der Waals surface area contributed by atoms with E-state index in [2.05, 4.69) is 20.3 Å². The van der Waals surface area contributed by atoms with Crippen molar-refractivity contribution in [3.63, 3.8) is 0 Å². The number of aromatic nitrogens is 3. The van der Waals surface area contributed by atoms with E-state index in [4.69, 9.17) is 0 Å². The zero-order valence-corrected chi connectivity index (χ0v) is 13.6. The highest BCUT2D eigenvalue weighted by atomic mass is 32.1. The van der Waals surface area contributed by atoms with Crippen molar-refractivity contribution in [2.24, 2.45) is 0 Å². The van der Waals surface area contributed by atoms with Gasteiger partial charge in [-0.05, 0) is 12.8 Å². The summed E-state index contributed by atoms with van der Waals surface area (Å²) in [5.41, 5.74) is 0.563. The molecule has 0 aliphatic heterocycles. The van der Waals surface area contributed by atoms with Gasteiger partial charge in [0.1, 0.15) is 10.7 Å². The first kappa shape index (κ1) is 16.5. The topological polar surface area (TPSA) is 88.0 Å². The molecule has 0 aromatic carbocycles. The van der Waals surface area contributed by atoms with E-state index in [1.165, 1.54) is 11.3 Å². The molecule has 0 radical (unpaired) electrons. The quantitative estimate of drug-likeness (QED) is 0.812. The second-order valence-electron chi connectivity index (χ2n) is 5.12. The first-order chi connectivity index (χ1) is 10.6. The molecule has 2 aromatic rings. The molecule has 1 amide bonds. The third-order valence-electron chi connectivity index (χ3n) is 3.61. The molecule has 2 rings (SSSR count). The number of carbonyl (C=O) groups is 1. The van der Waals surface area contributed by atoms with Gasteiger partial charge in [0.2, 0.25) is 5.91 Å². The largest absolute Gasteiger partial charge is 0.388 e. The van der Waals surface area contributed by atoms with E-state index in [9.17, 15) is 9.90 Å². The van der Waals surface area contributed by atoms with Crippen LogP contribution in [0.1, 0.15) is 32.4 Å². The van der Waals surface area contributed by atoms with Crippen LogP contribution in [0.15, 0.2) is 24.0 Å². The van der Waals surface area contributed by atoms with Crippen LogP contribution in [0.5, 0.6) is 0 Å². The minimum atomic E-state index is -0.831. The number of carbonyl (C=O) groups excluding carboxylic acids is 1. The van der Waals surface area contributed by atoms with E-state index in [0.717, 1.165) is 5.01 Å². The van der Waals surface area contributed by atoms with Crippen LogP contribution < -0.4 is 5.32 Å². The Balaban J connectivity index is 1.92. The second-order valence-corrected chi connectivity index (χ2v) is 5.98. The molecule has 2 aromatic heterocycles. The third kappa shape index (κ3) is 4.32. The molecule has 0 atom stereocenters. The number of amides is 1. The lowest BCUT2D eigenvalue weighted by molar-refractivity contribution is -0.121. The molecule has 0 saturated carbocycles. The molecule has 0 aliphatic rings. The summed E-state index contributed by atoms with van der Waals surface area (Å²) in [7, 11) is 0. The molecule has 0 aliphatic carbocycles. The molecule has 0 bridgehead atoms. The number of rotatable bonds is 7. The summed E-state index contributed by atoms with van der Waals surface area (Å²) < 4.78 is 0. The van der Waals surface area contributed by atoms with E-state index in [1.54, 1.807) is 18.6 Å². The highest BCUT2D eigenvalue weighted by Crippen LogP contribution is 2.21. The summed E-state index contributed by atoms with van der Waals surface area (Å²) in [5, 5.41) is 15.5. The molecule has 0 fully saturated rings. The van der Waals surface area contributed by atoms with Crippen LogP contribution in [0.25, 0.3) is 10.7 Å². The van der Waals surface area contributed by atoms with Crippen molar-refractivity contribution in [2.45, 2.75) is 38.7 Å². The molecule has 0 spiro atoms. The number of thiazole rings is 1. The average molecular weight is 320 g/mol. The number of nitrogens with zero attached hydrogens (tertiary/aromatic N) is 3. The minimum absolute atomic E-state index is 0.142. The first-order valence-corrected chi connectivity index (χ1v) is 8.14. The summed E-state index contributed by atoms with van der Waals surface area (Å²) in [6.45, 7) is 4.08. The lowest BCUT2D eigenvalue weighted by Gasteiger charge is -2.25. The van der Waals surface area contributed by atoms with Crippen LogP contribution in [0.4, 0.5) is 0 Å². The van der Waals surface area contributed by atoms with Gasteiger partial charge >= 0.3 is 0 Å². The van der Waals surface area contributed by atoms with Crippen LogP contribution in [0.3, 0.4) is 0 Å². The van der Waals surface area contributed by atoms with Gasteiger partial charge in [0.15, 0.2) is 0 Å². The molecule has 0 saturated heterocycles. The zero-order valence-electron chi connectivity index (χ0n) is 12.7. The van der Waals surface area contributed by atoms with Gasteiger partial charge in [0, 0.05) is 24.3 Å². The number of nitrogens with one attached hydrogen (secondary N) is 1. The Labute approximate surface area is 133 Å². The summed E-state index contributed by atoms with van der Waals surface area (Å²) in [4.78, 5) is 24.5. The van der Waals surface area contributed by atoms with Gasteiger partial charge in [0.25, 0.3) is 0 Å². The van der Waals surface area contributed by atoms with Crippen molar-refractivity contribution in [3.8, 4) is 10.7 Å². The van der Waals surface area contributed by atoms with Crippen molar-refractivity contribution in [2.75, 3.05) is 6.54 Å². The van der Waals surface area contributed by atoms with Crippen LogP contribution in [0, 0.1) is 0 Å². The van der Waals surface area contributed by atoms with Crippen LogP contribution >= 0.6 is 11.3 Å². The van der Waals surface area contributed by atoms with Crippen molar-refractivity contribution in [1.82, 2.24) is 20.3 Å². The molecule has 0 unspecified atom stereocenters. The lowest BCUT2D eigenvalue weighted by atomic mass is 9.97. The van der Waals surface area contributed by atoms with Crippen LogP contribution in [0.2, 0.25) is 0 Å². The van der Waals surface area contributed by atoms with Gasteiger partial charge in [-0.1, -0.05) is 13.8 Å². The zero-order chi connectivity index (χ0) is 16.0. The minimum Gasteiger partial charge on any atom is -0.388 e. The highest BCUT2D eigenvalue weighted by molar-refractivity contribution is 7.13. The summed E-state index contributed by atoms with van der Waals surface area (Å²) in [5.74, 6) is -0.142. The summed E-state index contributed by atoms with van der Waals surface area (Å²) in [6, 6.07) is 0. The molecular weight excluding hydrogens is 300 g/mol. The Hall–Kier alpha value is -1.86. The van der Waals surface area contributed by atoms with Crippen molar-refractivity contribution in [1.29, 1.82) is 0 Å². The fraction of sp³-hybridized carbons (Fsp3) is 0.467. The predicted molar refractivity (Wildman–Crippen MR) is 85.4 cm³/mol. The van der Waals surface area contributed by atoms with Gasteiger partial charge in [-0.3, -0.25) is 14.8 Å². The molecule has 118 valence electrons. The maximum absolute atomic E-state index is 12.0. The standard InChI is InChI=1S/C15H20N4O2S/c1-3-15(21,4-2)10-18-13(20)7-11-9-22-14(19-11)12-8-16-5-6-17-12/h5-6,8-9,21H,3-4,7,10H2,1-2H3,(H,18,20). The Morgan fingerprint density at radius 1 is 1.36 bits per heavy atom. The Morgan fingerprint density at radius 3 is 2.77 bits per heavy atom. The monoisotopic (exact) mass is 320 g/mol. The van der Waals surface area contributed by atoms with Crippen molar-refractivity contribution in [3.05, 3.63) is 29.7 Å². The maximum Gasteiger partial charge on any atom is 0.226 e. The molecular formula is C15H20N4O2S. The van der Waals surface area contributed by atoms with Crippen molar-refractivity contribution >= 4 is 17.2 Å². The molecule has 6 nitrogen and oxygen atoms in total. The van der Waals surface area contributed by atoms with E-state index < -0.39 is 5.60 Å². The average Bonchev–Trinajstić information content (AvgIpc) is 3.02. The number of aliphatic hydroxyl groups is 1. The maximum atomic E-state index is 12.0. The molecule has 7 heteroatoms. The SMILES string of the molecule is CCC(O)(CC)CNC(=O)Cc1csc(-c2cnccn2)n1. The third-order valence-corrected chi connectivity index (χ3v) is 4.52. The van der Waals surface area contributed by atoms with E-state index in [0.29, 0.717) is 24.2 Å². The van der Waals surface area contributed by atoms with Gasteiger partial charge < -0.3 is 10.4 Å². The normalized spacial score (nSPS) is 11.4. The first-order valence-electron chi connectivity index (χ1n) is 7.26. The van der Waals surface area contributed by atoms with Crippen LogP contribution in [-0.4, -0.2) is 38.1 Å². The molecule has 2 N–H and O–H groups in total. The fourth-order valence-electron chi connectivity index (χ4n) is 1.91. The Bertz CT molecular complexity index is 611. The summed E-state index contributed by atoms with van der Waals surface area (Å²) in [6.07, 6.45) is 6.27. The van der Waals surface area contributed by atoms with Gasteiger partial charge in [-0.25, -0.2) is 4.98 Å². The Morgan fingerprint density at radius 2 is 2.14 bits per heavy atom. The highest BCUT2D eigenvalue weighted by Gasteiger charge is 2.22. The van der Waals surface area contributed by atoms with Crippen LogP contribution in [-0.2, 0) is 11.2 Å². The van der Waals surface area contributed by atoms with E-state index in [-0.39, 0.29) is 18.9 Å². The summed E-state index contributed by atoms with van der Waals surface area (Å²) >= 11 is 1.43. The van der Waals surface area contributed by atoms with E-state index in [1.807, 2.05) is 19.2 Å². The number of hydrogen-bond acceptors (Lipinski definition) is 6. The van der Waals surface area contributed by atoms with E-state index >= 15 is 0 Å². The molecule has 22 heavy (non-hydrogen) atoms. The van der Waals surface area contributed by atoms with Gasteiger partial charge in [-0.2, -0.15) is 0 Å². The lowest BCUT2D eigenvalue weighted by Crippen LogP contribution is -2.42. The Kier molecular flexibility index (Phi) is 5.57. The van der Waals surface area contributed by atoms with Gasteiger partial charge in [-0.15, -0.1) is 11.3 Å². The number of hydrogen-bond donors (Lipinski definition) is 2.